The van der Waals surface area contributed by atoms with Crippen LogP contribution in [-0.4, -0.2) is 77.5 Å². The number of ether oxygens (including phenoxy) is 2. The Morgan fingerprint density at radius 2 is 0.757 bits per heavy atom. The van der Waals surface area contributed by atoms with E-state index in [1.807, 2.05) is 0 Å². The number of nitrogens with zero attached hydrogens (tertiary/aromatic N) is 2. The fourth-order valence-electron chi connectivity index (χ4n) is 5.25. The van der Waals surface area contributed by atoms with E-state index in [9.17, 15) is 0 Å². The van der Waals surface area contributed by atoms with Crippen LogP contribution in [0.5, 0.6) is 0 Å². The van der Waals surface area contributed by atoms with Gasteiger partial charge in [-0.05, 0) is 79.8 Å². The average Bonchev–Trinajstić information content (AvgIpc) is 2.86. The molecule has 0 amide bonds. The van der Waals surface area contributed by atoms with Crippen molar-refractivity contribution >= 4 is 0 Å². The maximum absolute atomic E-state index is 6.39. The summed E-state index contributed by atoms with van der Waals surface area (Å²) in [5.41, 5.74) is 0.159. The molecule has 0 aromatic rings. The summed E-state index contributed by atoms with van der Waals surface area (Å²) in [6.45, 7) is 10.4. The molecule has 0 saturated heterocycles. The van der Waals surface area contributed by atoms with E-state index in [1.165, 1.54) is 128 Å². The maximum atomic E-state index is 6.39. The second kappa shape index (κ2) is 27.4. The summed E-state index contributed by atoms with van der Waals surface area (Å²) in [7, 11) is 8.74. The third kappa shape index (κ3) is 25.9. The van der Waals surface area contributed by atoms with Crippen LogP contribution < -0.4 is 0 Å². The van der Waals surface area contributed by atoms with Crippen LogP contribution in [0.3, 0.4) is 0 Å². The van der Waals surface area contributed by atoms with Crippen molar-refractivity contribution in [1.29, 1.82) is 0 Å². The molecule has 0 heterocycles. The number of hydrogen-bond donors (Lipinski definition) is 0. The van der Waals surface area contributed by atoms with Gasteiger partial charge in [0.1, 0.15) is 0 Å². The summed E-state index contributed by atoms with van der Waals surface area (Å²) in [5.74, 6) is 0. The number of rotatable bonds is 30. The highest BCUT2D eigenvalue weighted by molar-refractivity contribution is 4.80. The zero-order chi connectivity index (χ0) is 27.5. The number of hydrogen-bond acceptors (Lipinski definition) is 4. The lowest BCUT2D eigenvalue weighted by Crippen LogP contribution is -2.35. The minimum absolute atomic E-state index is 0.159. The van der Waals surface area contributed by atoms with Gasteiger partial charge in [0, 0.05) is 18.6 Å². The predicted molar refractivity (Wildman–Crippen MR) is 165 cm³/mol. The van der Waals surface area contributed by atoms with Gasteiger partial charge in [0.25, 0.3) is 0 Å². The molecule has 0 aliphatic heterocycles. The fourth-order valence-corrected chi connectivity index (χ4v) is 5.25. The summed E-state index contributed by atoms with van der Waals surface area (Å²) < 4.78 is 12.8. The van der Waals surface area contributed by atoms with Crippen LogP contribution in [0.2, 0.25) is 0 Å². The van der Waals surface area contributed by atoms with Gasteiger partial charge >= 0.3 is 0 Å². The maximum Gasteiger partial charge on any atom is 0.0544 e. The zero-order valence-electron chi connectivity index (χ0n) is 26.6. The topological polar surface area (TPSA) is 24.9 Å². The highest BCUT2D eigenvalue weighted by Gasteiger charge is 2.30. The van der Waals surface area contributed by atoms with Gasteiger partial charge in [-0.1, -0.05) is 104 Å². The van der Waals surface area contributed by atoms with Crippen LogP contribution in [0, 0.1) is 5.41 Å². The van der Waals surface area contributed by atoms with Crippen molar-refractivity contribution in [2.45, 2.75) is 142 Å². The first-order chi connectivity index (χ1) is 18.0. The minimum Gasteiger partial charge on any atom is -0.381 e. The van der Waals surface area contributed by atoms with E-state index in [0.29, 0.717) is 0 Å². The molecule has 0 unspecified atom stereocenters. The SMILES string of the molecule is CCCCCCCCCCOCC(CCCN(C)C)(CCCN(C)C)COCCCCCCCCCC. The summed E-state index contributed by atoms with van der Waals surface area (Å²) in [6, 6.07) is 0. The van der Waals surface area contributed by atoms with E-state index in [1.54, 1.807) is 0 Å². The van der Waals surface area contributed by atoms with Gasteiger partial charge in [0.2, 0.25) is 0 Å². The molecule has 0 rings (SSSR count). The molecule has 0 aliphatic rings. The molecule has 0 aromatic carbocycles. The van der Waals surface area contributed by atoms with E-state index >= 15 is 0 Å². The molecule has 224 valence electrons. The van der Waals surface area contributed by atoms with Gasteiger partial charge in [-0.15, -0.1) is 0 Å². The molecule has 0 radical (unpaired) electrons. The standard InChI is InChI=1S/C33H70N2O2/c1-7-9-11-13-15-17-19-21-29-36-31-33(25-23-27-34(3)4,26-24-28-35(5)6)32-37-30-22-20-18-16-14-12-10-8-2/h7-32H2,1-6H3. The van der Waals surface area contributed by atoms with Gasteiger partial charge in [-0.2, -0.15) is 0 Å². The molecule has 0 N–H and O–H groups in total. The Morgan fingerprint density at radius 1 is 0.432 bits per heavy atom. The van der Waals surface area contributed by atoms with Crippen LogP contribution in [0.1, 0.15) is 142 Å². The van der Waals surface area contributed by atoms with Gasteiger partial charge in [0.05, 0.1) is 13.2 Å². The van der Waals surface area contributed by atoms with Crippen molar-refractivity contribution < 1.29 is 9.47 Å². The van der Waals surface area contributed by atoms with Crippen molar-refractivity contribution in [3.63, 3.8) is 0 Å². The van der Waals surface area contributed by atoms with Crippen molar-refractivity contribution in [3.05, 3.63) is 0 Å². The molecular weight excluding hydrogens is 456 g/mol. The van der Waals surface area contributed by atoms with Crippen LogP contribution >= 0.6 is 0 Å². The fraction of sp³-hybridized carbons (Fsp3) is 1.00. The molecule has 0 saturated carbocycles. The minimum atomic E-state index is 0.159. The quantitative estimate of drug-likeness (QED) is 0.0872. The predicted octanol–water partition coefficient (Wildman–Crippen LogP) is 8.97. The first kappa shape index (κ1) is 36.8. The summed E-state index contributed by atoms with van der Waals surface area (Å²) in [5, 5.41) is 0. The van der Waals surface area contributed by atoms with Gasteiger partial charge in [0.15, 0.2) is 0 Å². The lowest BCUT2D eigenvalue weighted by Gasteiger charge is -2.34. The van der Waals surface area contributed by atoms with Gasteiger partial charge < -0.3 is 19.3 Å². The number of unbranched alkanes of at least 4 members (excludes halogenated alkanes) is 14. The summed E-state index contributed by atoms with van der Waals surface area (Å²) >= 11 is 0. The average molecular weight is 527 g/mol. The van der Waals surface area contributed by atoms with Crippen molar-refractivity contribution in [3.8, 4) is 0 Å². The molecule has 0 fully saturated rings. The Bertz CT molecular complexity index is 402. The molecule has 37 heavy (non-hydrogen) atoms. The highest BCUT2D eigenvalue weighted by Crippen LogP contribution is 2.32. The second-order valence-electron chi connectivity index (χ2n) is 12.4. The third-order valence-corrected chi connectivity index (χ3v) is 7.73. The Morgan fingerprint density at radius 3 is 1.08 bits per heavy atom. The summed E-state index contributed by atoms with van der Waals surface area (Å²) in [6.07, 6.45) is 26.5. The lowest BCUT2D eigenvalue weighted by molar-refractivity contribution is -0.0368. The molecule has 0 atom stereocenters. The molecule has 0 aliphatic carbocycles. The molecule has 0 spiro atoms. The van der Waals surface area contributed by atoms with Crippen molar-refractivity contribution in [2.75, 3.05) is 67.7 Å². The Balaban J connectivity index is 4.55. The molecular formula is C33H70N2O2. The molecule has 4 heteroatoms. The van der Waals surface area contributed by atoms with Gasteiger partial charge in [-0.25, -0.2) is 0 Å². The van der Waals surface area contributed by atoms with E-state index in [0.717, 1.165) is 39.5 Å². The largest absolute Gasteiger partial charge is 0.381 e. The highest BCUT2D eigenvalue weighted by atomic mass is 16.5. The van der Waals surface area contributed by atoms with E-state index in [-0.39, 0.29) is 5.41 Å². The van der Waals surface area contributed by atoms with E-state index in [2.05, 4.69) is 51.8 Å². The Kier molecular flexibility index (Phi) is 27.3. The second-order valence-corrected chi connectivity index (χ2v) is 12.4. The van der Waals surface area contributed by atoms with Crippen LogP contribution in [0.25, 0.3) is 0 Å². The monoisotopic (exact) mass is 527 g/mol. The normalized spacial score (nSPS) is 12.3. The van der Waals surface area contributed by atoms with E-state index in [4.69, 9.17) is 9.47 Å². The van der Waals surface area contributed by atoms with Crippen LogP contribution in [0.4, 0.5) is 0 Å². The molecule has 4 nitrogen and oxygen atoms in total. The third-order valence-electron chi connectivity index (χ3n) is 7.73. The van der Waals surface area contributed by atoms with Crippen molar-refractivity contribution in [1.82, 2.24) is 9.80 Å². The smallest absolute Gasteiger partial charge is 0.0544 e. The first-order valence-corrected chi connectivity index (χ1v) is 16.4. The lowest BCUT2D eigenvalue weighted by atomic mass is 9.80. The van der Waals surface area contributed by atoms with Crippen molar-refractivity contribution in [2.24, 2.45) is 5.41 Å². The summed E-state index contributed by atoms with van der Waals surface area (Å²) in [4.78, 5) is 4.63. The zero-order valence-corrected chi connectivity index (χ0v) is 26.6. The first-order valence-electron chi connectivity index (χ1n) is 16.4. The van der Waals surface area contributed by atoms with Crippen LogP contribution in [-0.2, 0) is 9.47 Å². The Hall–Kier alpha value is -0.160. The Labute approximate surface area is 234 Å². The molecule has 0 bridgehead atoms. The van der Waals surface area contributed by atoms with E-state index < -0.39 is 0 Å². The van der Waals surface area contributed by atoms with Gasteiger partial charge in [-0.3, -0.25) is 0 Å². The van der Waals surface area contributed by atoms with Crippen LogP contribution in [0.15, 0.2) is 0 Å². The molecule has 0 aromatic heterocycles.